The Balaban J connectivity index is 1.92. The number of carboxylic acid groups (broad SMARTS) is 1. The number of carbonyl (C=O) groups is 2. The van der Waals surface area contributed by atoms with Gasteiger partial charge in [0, 0.05) is 17.6 Å². The zero-order valence-electron chi connectivity index (χ0n) is 19.3. The van der Waals surface area contributed by atoms with Gasteiger partial charge >= 0.3 is 5.97 Å². The predicted octanol–water partition coefficient (Wildman–Crippen LogP) is 4.68. The van der Waals surface area contributed by atoms with Crippen LogP contribution in [0.2, 0.25) is 0 Å². The summed E-state index contributed by atoms with van der Waals surface area (Å²) in [5, 5.41) is 10.3. The summed E-state index contributed by atoms with van der Waals surface area (Å²) in [7, 11) is 4.52. The normalized spacial score (nSPS) is 11.6. The molecule has 0 aliphatic rings. The first-order chi connectivity index (χ1) is 16.9. The third-order valence-electron chi connectivity index (χ3n) is 5.49. The number of ketones is 1. The number of carboxylic acids is 1. The largest absolute Gasteiger partial charge is 0.497 e. The average Bonchev–Trinajstić information content (AvgIpc) is 3.35. The number of allylic oxidation sites excluding steroid dienone is 1. The average molecular weight is 491 g/mol. The van der Waals surface area contributed by atoms with Gasteiger partial charge in [0.1, 0.15) is 16.8 Å². The van der Waals surface area contributed by atoms with Gasteiger partial charge in [0.25, 0.3) is 0 Å². The minimum atomic E-state index is -1.22. The van der Waals surface area contributed by atoms with Crippen LogP contribution in [0.15, 0.2) is 66.2 Å². The summed E-state index contributed by atoms with van der Waals surface area (Å²) in [6.45, 7) is 0. The Hall–Kier alpha value is -4.24. The molecule has 35 heavy (non-hydrogen) atoms. The monoisotopic (exact) mass is 490 g/mol. The molecule has 8 nitrogen and oxygen atoms in total. The molecule has 0 aliphatic carbocycles. The zero-order chi connectivity index (χ0) is 24.9. The first-order valence-electron chi connectivity index (χ1n) is 10.5. The number of hydrogen-bond donors (Lipinski definition) is 1. The van der Waals surface area contributed by atoms with E-state index < -0.39 is 11.8 Å². The molecule has 1 aromatic heterocycles. The number of carbonyl (C=O) groups excluding carboxylic acids is 1. The first kappa shape index (κ1) is 23.9. The molecule has 0 atom stereocenters. The number of fused-ring (bicyclic) bond motifs is 1. The van der Waals surface area contributed by atoms with Gasteiger partial charge in [0.15, 0.2) is 17.3 Å². The molecular weight excluding hydrogens is 468 g/mol. The highest BCUT2D eigenvalue weighted by atomic mass is 32.1. The second-order valence-electron chi connectivity index (χ2n) is 7.55. The maximum absolute atomic E-state index is 13.8. The molecule has 0 amide bonds. The Morgan fingerprint density at radius 2 is 1.57 bits per heavy atom. The molecule has 1 heterocycles. The summed E-state index contributed by atoms with van der Waals surface area (Å²) >= 11 is 1.04. The topological polar surface area (TPSA) is 108 Å². The van der Waals surface area contributed by atoms with Crippen molar-refractivity contribution < 1.29 is 28.9 Å². The summed E-state index contributed by atoms with van der Waals surface area (Å²) in [6, 6.07) is 16.9. The van der Waals surface area contributed by atoms with E-state index in [0.29, 0.717) is 33.8 Å². The summed E-state index contributed by atoms with van der Waals surface area (Å²) in [4.78, 5) is 26.4. The van der Waals surface area contributed by atoms with Crippen LogP contribution in [0.3, 0.4) is 0 Å². The van der Waals surface area contributed by atoms with Crippen LogP contribution in [0.25, 0.3) is 16.6 Å². The standard InChI is InChI=1S/C26H22N2O6S/c1-32-18-6-4-5-15(11-18)12-19(25(29)17-8-10-22(33-2)23(14-17)34-3)24(26(30)31)16-7-9-20-21(13-16)28-35-27-20/h4-11,13-14H,12H2,1-3H3,(H,30,31). The number of hydrogen-bond acceptors (Lipinski definition) is 8. The van der Waals surface area contributed by atoms with E-state index in [1.165, 1.54) is 14.2 Å². The van der Waals surface area contributed by atoms with Crippen molar-refractivity contribution in [2.45, 2.75) is 6.42 Å². The van der Waals surface area contributed by atoms with Crippen LogP contribution >= 0.6 is 11.7 Å². The Kier molecular flexibility index (Phi) is 7.07. The number of benzene rings is 3. The van der Waals surface area contributed by atoms with Crippen molar-refractivity contribution in [3.8, 4) is 17.2 Å². The van der Waals surface area contributed by atoms with Crippen LogP contribution in [-0.2, 0) is 11.2 Å². The third kappa shape index (κ3) is 4.99. The van der Waals surface area contributed by atoms with E-state index in [1.807, 2.05) is 6.07 Å². The Bertz CT molecular complexity index is 1440. The molecule has 0 radical (unpaired) electrons. The van der Waals surface area contributed by atoms with Crippen LogP contribution in [0, 0.1) is 0 Å². The zero-order valence-corrected chi connectivity index (χ0v) is 20.1. The van der Waals surface area contributed by atoms with Crippen molar-refractivity contribution in [1.29, 1.82) is 0 Å². The van der Waals surface area contributed by atoms with E-state index in [0.717, 1.165) is 17.3 Å². The molecule has 0 saturated carbocycles. The highest BCUT2D eigenvalue weighted by molar-refractivity contribution is 7.00. The number of Topliss-reactive ketones (excluding diaryl/α,β-unsaturated/α-hetero) is 1. The molecule has 0 unspecified atom stereocenters. The molecule has 0 bridgehead atoms. The second kappa shape index (κ2) is 10.4. The van der Waals surface area contributed by atoms with E-state index in [1.54, 1.807) is 61.7 Å². The second-order valence-corrected chi connectivity index (χ2v) is 8.08. The van der Waals surface area contributed by atoms with Crippen LogP contribution in [-0.4, -0.2) is 46.9 Å². The van der Waals surface area contributed by atoms with Crippen molar-refractivity contribution in [3.63, 3.8) is 0 Å². The Morgan fingerprint density at radius 1 is 0.829 bits per heavy atom. The summed E-state index contributed by atoms with van der Waals surface area (Å²) in [5.41, 5.74) is 2.58. The van der Waals surface area contributed by atoms with Gasteiger partial charge in [0.05, 0.1) is 38.6 Å². The SMILES string of the molecule is COc1cccc(CC(C(=O)c2ccc(OC)c(OC)c2)=C(C(=O)O)c2ccc3nsnc3c2)c1. The lowest BCUT2D eigenvalue weighted by atomic mass is 9.89. The number of aromatic nitrogens is 2. The molecule has 178 valence electrons. The maximum Gasteiger partial charge on any atom is 0.336 e. The molecule has 1 N–H and O–H groups in total. The van der Waals surface area contributed by atoms with Crippen molar-refractivity contribution in [2.75, 3.05) is 21.3 Å². The minimum Gasteiger partial charge on any atom is -0.497 e. The van der Waals surface area contributed by atoms with Gasteiger partial charge in [-0.05, 0) is 53.6 Å². The van der Waals surface area contributed by atoms with Crippen LogP contribution < -0.4 is 14.2 Å². The molecule has 0 saturated heterocycles. The van der Waals surface area contributed by atoms with Crippen LogP contribution in [0.1, 0.15) is 21.5 Å². The van der Waals surface area contributed by atoms with E-state index in [4.69, 9.17) is 14.2 Å². The smallest absolute Gasteiger partial charge is 0.336 e. The number of nitrogens with zero attached hydrogens (tertiary/aromatic N) is 2. The summed E-state index contributed by atoms with van der Waals surface area (Å²) in [6.07, 6.45) is 0.0688. The van der Waals surface area contributed by atoms with Crippen molar-refractivity contribution in [3.05, 3.63) is 82.9 Å². The highest BCUT2D eigenvalue weighted by Gasteiger charge is 2.25. The fraction of sp³-hybridized carbons (Fsp3) is 0.154. The van der Waals surface area contributed by atoms with E-state index >= 15 is 0 Å². The van der Waals surface area contributed by atoms with Crippen LogP contribution in [0.4, 0.5) is 0 Å². The fourth-order valence-electron chi connectivity index (χ4n) is 3.78. The molecule has 4 rings (SSSR count). The summed E-state index contributed by atoms with van der Waals surface area (Å²) < 4.78 is 24.3. The highest BCUT2D eigenvalue weighted by Crippen LogP contribution is 2.32. The van der Waals surface area contributed by atoms with E-state index in [-0.39, 0.29) is 23.1 Å². The van der Waals surface area contributed by atoms with Gasteiger partial charge in [-0.2, -0.15) is 8.75 Å². The Morgan fingerprint density at radius 3 is 2.29 bits per heavy atom. The quantitative estimate of drug-likeness (QED) is 0.266. The van der Waals surface area contributed by atoms with Gasteiger partial charge in [-0.25, -0.2) is 4.79 Å². The number of methoxy groups -OCH3 is 3. The molecule has 3 aromatic carbocycles. The molecule has 0 spiro atoms. The van der Waals surface area contributed by atoms with Crippen molar-refractivity contribution in [1.82, 2.24) is 8.75 Å². The molecule has 0 aliphatic heterocycles. The van der Waals surface area contributed by atoms with Gasteiger partial charge in [-0.15, -0.1) is 0 Å². The van der Waals surface area contributed by atoms with Gasteiger partial charge in [-0.1, -0.05) is 18.2 Å². The Labute approximate surface area is 205 Å². The first-order valence-corrected chi connectivity index (χ1v) is 11.3. The molecule has 4 aromatic rings. The van der Waals surface area contributed by atoms with E-state index in [2.05, 4.69) is 8.75 Å². The summed E-state index contributed by atoms with van der Waals surface area (Å²) in [5.74, 6) is -0.234. The maximum atomic E-state index is 13.8. The lowest BCUT2D eigenvalue weighted by Crippen LogP contribution is -2.14. The van der Waals surface area contributed by atoms with Gasteiger partial charge < -0.3 is 19.3 Å². The lowest BCUT2D eigenvalue weighted by Gasteiger charge is -2.15. The van der Waals surface area contributed by atoms with Crippen molar-refractivity contribution >= 4 is 40.1 Å². The van der Waals surface area contributed by atoms with Crippen molar-refractivity contribution in [2.24, 2.45) is 0 Å². The fourth-order valence-corrected chi connectivity index (χ4v) is 4.30. The molecular formula is C26H22N2O6S. The molecule has 9 heteroatoms. The number of rotatable bonds is 9. The van der Waals surface area contributed by atoms with Crippen LogP contribution in [0.5, 0.6) is 17.2 Å². The number of ether oxygens (including phenoxy) is 3. The third-order valence-corrected chi connectivity index (χ3v) is 6.05. The van der Waals surface area contributed by atoms with Gasteiger partial charge in [0.2, 0.25) is 0 Å². The lowest BCUT2D eigenvalue weighted by molar-refractivity contribution is -0.130. The number of aliphatic carboxylic acids is 1. The molecule has 0 fully saturated rings. The minimum absolute atomic E-state index is 0.0688. The van der Waals surface area contributed by atoms with Gasteiger partial charge in [-0.3, -0.25) is 4.79 Å². The van der Waals surface area contributed by atoms with E-state index in [9.17, 15) is 14.7 Å². The predicted molar refractivity (Wildman–Crippen MR) is 133 cm³/mol.